The topological polar surface area (TPSA) is 77.0 Å². The molecule has 7 heteroatoms. The van der Waals surface area contributed by atoms with Crippen LogP contribution in [-0.4, -0.2) is 37.8 Å². The second kappa shape index (κ2) is 11.8. The first-order valence-electron chi connectivity index (χ1n) is 10.0. The Bertz CT molecular complexity index is 795. The predicted molar refractivity (Wildman–Crippen MR) is 116 cm³/mol. The third-order valence-electron chi connectivity index (χ3n) is 4.22. The van der Waals surface area contributed by atoms with Crippen LogP contribution >= 0.6 is 0 Å². The number of nitrogens with zero attached hydrogens (tertiary/aromatic N) is 2. The van der Waals surface area contributed by atoms with Crippen LogP contribution in [0.3, 0.4) is 0 Å². The summed E-state index contributed by atoms with van der Waals surface area (Å²) in [6.07, 6.45) is 1.71. The minimum Gasteiger partial charge on any atom is -0.490 e. The highest BCUT2D eigenvalue weighted by atomic mass is 16.5. The first-order valence-corrected chi connectivity index (χ1v) is 10.0. The van der Waals surface area contributed by atoms with Crippen molar-refractivity contribution >= 4 is 5.96 Å². The van der Waals surface area contributed by atoms with E-state index in [0.29, 0.717) is 25.6 Å². The van der Waals surface area contributed by atoms with E-state index in [0.717, 1.165) is 35.1 Å². The maximum atomic E-state index is 5.74. The molecule has 0 bridgehead atoms. The standard InChI is InChI=1S/C22H32N4O3/c1-6-23-22(25-15-18-10-9-13-24-21(18)27-5)26-16(4)17-11-12-19(28-7-2)20(14-17)29-8-3/h9-14,16H,6-8,15H2,1-5H3,(H2,23,25,26). The average molecular weight is 401 g/mol. The van der Waals surface area contributed by atoms with Crippen molar-refractivity contribution < 1.29 is 14.2 Å². The highest BCUT2D eigenvalue weighted by Crippen LogP contribution is 2.30. The number of aromatic nitrogens is 1. The Hall–Kier alpha value is -2.96. The highest BCUT2D eigenvalue weighted by Gasteiger charge is 2.13. The lowest BCUT2D eigenvalue weighted by Crippen LogP contribution is -2.38. The third-order valence-corrected chi connectivity index (χ3v) is 4.22. The summed E-state index contributed by atoms with van der Waals surface area (Å²) in [5.41, 5.74) is 2.01. The van der Waals surface area contributed by atoms with Crippen LogP contribution in [0.1, 0.15) is 44.9 Å². The van der Waals surface area contributed by atoms with Crippen LogP contribution in [0.5, 0.6) is 17.4 Å². The van der Waals surface area contributed by atoms with E-state index in [2.05, 4.69) is 27.5 Å². The summed E-state index contributed by atoms with van der Waals surface area (Å²) in [6.45, 7) is 10.5. The molecule has 0 radical (unpaired) electrons. The number of hydrogen-bond acceptors (Lipinski definition) is 5. The van der Waals surface area contributed by atoms with Crippen molar-refractivity contribution in [1.82, 2.24) is 15.6 Å². The predicted octanol–water partition coefficient (Wildman–Crippen LogP) is 3.70. The molecule has 1 atom stereocenters. The van der Waals surface area contributed by atoms with E-state index in [4.69, 9.17) is 14.2 Å². The number of hydrogen-bond donors (Lipinski definition) is 2. The summed E-state index contributed by atoms with van der Waals surface area (Å²) in [5.74, 6) is 2.82. The average Bonchev–Trinajstić information content (AvgIpc) is 2.74. The van der Waals surface area contributed by atoms with E-state index in [1.165, 1.54) is 0 Å². The normalized spacial score (nSPS) is 12.2. The summed E-state index contributed by atoms with van der Waals surface area (Å²) in [7, 11) is 1.61. The van der Waals surface area contributed by atoms with Crippen molar-refractivity contribution in [2.75, 3.05) is 26.9 Å². The van der Waals surface area contributed by atoms with Gasteiger partial charge in [0.1, 0.15) is 0 Å². The Morgan fingerprint density at radius 2 is 1.86 bits per heavy atom. The zero-order valence-electron chi connectivity index (χ0n) is 18.0. The fraction of sp³-hybridized carbons (Fsp3) is 0.455. The third kappa shape index (κ3) is 6.55. The largest absolute Gasteiger partial charge is 0.490 e. The molecular weight excluding hydrogens is 368 g/mol. The van der Waals surface area contributed by atoms with E-state index >= 15 is 0 Å². The summed E-state index contributed by atoms with van der Waals surface area (Å²) < 4.78 is 16.7. The minimum absolute atomic E-state index is 0.0264. The first-order chi connectivity index (χ1) is 14.1. The fourth-order valence-electron chi connectivity index (χ4n) is 2.84. The summed E-state index contributed by atoms with van der Waals surface area (Å²) >= 11 is 0. The molecular formula is C22H32N4O3. The summed E-state index contributed by atoms with van der Waals surface area (Å²) in [6, 6.07) is 9.87. The lowest BCUT2D eigenvalue weighted by atomic mass is 10.1. The van der Waals surface area contributed by atoms with Crippen LogP contribution in [0.15, 0.2) is 41.5 Å². The molecule has 2 aromatic rings. The zero-order valence-corrected chi connectivity index (χ0v) is 18.0. The molecule has 0 fully saturated rings. The summed E-state index contributed by atoms with van der Waals surface area (Å²) in [4.78, 5) is 8.90. The van der Waals surface area contributed by atoms with Gasteiger partial charge in [-0.25, -0.2) is 9.98 Å². The first kappa shape index (κ1) is 22.3. The molecule has 2 rings (SSSR count). The van der Waals surface area contributed by atoms with Crippen molar-refractivity contribution in [3.05, 3.63) is 47.7 Å². The van der Waals surface area contributed by atoms with Gasteiger partial charge in [-0.15, -0.1) is 0 Å². The van der Waals surface area contributed by atoms with Gasteiger partial charge in [0.05, 0.1) is 32.9 Å². The molecule has 1 unspecified atom stereocenters. The molecule has 0 aliphatic carbocycles. The number of rotatable bonds is 10. The van der Waals surface area contributed by atoms with Gasteiger partial charge < -0.3 is 24.8 Å². The highest BCUT2D eigenvalue weighted by molar-refractivity contribution is 5.80. The van der Waals surface area contributed by atoms with Crippen molar-refractivity contribution in [1.29, 1.82) is 0 Å². The van der Waals surface area contributed by atoms with Crippen molar-refractivity contribution in [3.8, 4) is 17.4 Å². The van der Waals surface area contributed by atoms with Gasteiger partial charge in [-0.3, -0.25) is 0 Å². The fourth-order valence-corrected chi connectivity index (χ4v) is 2.84. The number of guanidine groups is 1. The number of nitrogens with one attached hydrogen (secondary N) is 2. The Balaban J connectivity index is 2.16. The van der Waals surface area contributed by atoms with E-state index in [1.54, 1.807) is 13.3 Å². The minimum atomic E-state index is 0.0264. The van der Waals surface area contributed by atoms with Crippen LogP contribution < -0.4 is 24.8 Å². The molecule has 1 aromatic carbocycles. The van der Waals surface area contributed by atoms with E-state index in [1.807, 2.05) is 51.1 Å². The second-order valence-corrected chi connectivity index (χ2v) is 6.31. The molecule has 7 nitrogen and oxygen atoms in total. The van der Waals surface area contributed by atoms with Gasteiger partial charge in [0.2, 0.25) is 5.88 Å². The Labute approximate surface area is 173 Å². The lowest BCUT2D eigenvalue weighted by Gasteiger charge is -2.20. The molecule has 1 aromatic heterocycles. The van der Waals surface area contributed by atoms with Gasteiger partial charge >= 0.3 is 0 Å². The van der Waals surface area contributed by atoms with Crippen LogP contribution in [0.4, 0.5) is 0 Å². The quantitative estimate of drug-likeness (QED) is 0.468. The van der Waals surface area contributed by atoms with Crippen LogP contribution in [0.2, 0.25) is 0 Å². The van der Waals surface area contributed by atoms with E-state index in [-0.39, 0.29) is 6.04 Å². The smallest absolute Gasteiger partial charge is 0.218 e. The molecule has 0 aliphatic heterocycles. The van der Waals surface area contributed by atoms with Crippen LogP contribution in [-0.2, 0) is 6.54 Å². The van der Waals surface area contributed by atoms with Gasteiger partial charge in [0.25, 0.3) is 0 Å². The second-order valence-electron chi connectivity index (χ2n) is 6.31. The SMILES string of the molecule is CCNC(=NCc1cccnc1OC)NC(C)c1ccc(OCC)c(OCC)c1. The molecule has 29 heavy (non-hydrogen) atoms. The van der Waals surface area contributed by atoms with Crippen molar-refractivity contribution in [3.63, 3.8) is 0 Å². The van der Waals surface area contributed by atoms with Gasteiger partial charge in [-0.1, -0.05) is 12.1 Å². The Kier molecular flexibility index (Phi) is 9.08. The number of benzene rings is 1. The molecule has 158 valence electrons. The molecule has 0 spiro atoms. The van der Waals surface area contributed by atoms with Crippen molar-refractivity contribution in [2.24, 2.45) is 4.99 Å². The lowest BCUT2D eigenvalue weighted by molar-refractivity contribution is 0.287. The van der Waals surface area contributed by atoms with E-state index in [9.17, 15) is 0 Å². The molecule has 2 N–H and O–H groups in total. The van der Waals surface area contributed by atoms with Gasteiger partial charge in [0.15, 0.2) is 17.5 Å². The zero-order chi connectivity index (χ0) is 21.1. The molecule has 0 saturated carbocycles. The molecule has 0 aliphatic rings. The number of methoxy groups -OCH3 is 1. The monoisotopic (exact) mass is 400 g/mol. The number of ether oxygens (including phenoxy) is 3. The molecule has 1 heterocycles. The van der Waals surface area contributed by atoms with Gasteiger partial charge in [0, 0.05) is 18.3 Å². The number of aliphatic imine (C=N–C) groups is 1. The van der Waals surface area contributed by atoms with Crippen molar-refractivity contribution in [2.45, 2.75) is 40.3 Å². The Morgan fingerprint density at radius 1 is 1.10 bits per heavy atom. The maximum Gasteiger partial charge on any atom is 0.218 e. The van der Waals surface area contributed by atoms with Crippen LogP contribution in [0.25, 0.3) is 0 Å². The van der Waals surface area contributed by atoms with E-state index < -0.39 is 0 Å². The Morgan fingerprint density at radius 3 is 2.55 bits per heavy atom. The number of pyridine rings is 1. The molecule has 0 saturated heterocycles. The van der Waals surface area contributed by atoms with Gasteiger partial charge in [-0.2, -0.15) is 0 Å². The van der Waals surface area contributed by atoms with Gasteiger partial charge in [-0.05, 0) is 51.5 Å². The maximum absolute atomic E-state index is 5.74. The summed E-state index contributed by atoms with van der Waals surface area (Å²) in [5, 5.41) is 6.73. The molecule has 0 amide bonds. The van der Waals surface area contributed by atoms with Crippen LogP contribution in [0, 0.1) is 0 Å².